The zero-order valence-electron chi connectivity index (χ0n) is 12.2. The van der Waals surface area contributed by atoms with Crippen LogP contribution in [0.1, 0.15) is 37.0 Å². The van der Waals surface area contributed by atoms with Gasteiger partial charge in [-0.2, -0.15) is 0 Å². The second-order valence-electron chi connectivity index (χ2n) is 4.79. The molecule has 0 N–H and O–H groups in total. The summed E-state index contributed by atoms with van der Waals surface area (Å²) in [6.07, 6.45) is 3.54. The first-order chi connectivity index (χ1) is 9.74. The zero-order chi connectivity index (χ0) is 14.4. The van der Waals surface area contributed by atoms with Gasteiger partial charge >= 0.3 is 0 Å². The number of amides is 1. The first kappa shape index (κ1) is 14.8. The lowest BCUT2D eigenvalue weighted by Crippen LogP contribution is -2.30. The number of hydrogen-bond acceptors (Lipinski definition) is 4. The molecule has 0 atom stereocenters. The molecule has 0 radical (unpaired) electrons. The fourth-order valence-corrected chi connectivity index (χ4v) is 2.23. The van der Waals surface area contributed by atoms with Gasteiger partial charge in [0, 0.05) is 38.2 Å². The van der Waals surface area contributed by atoms with Crippen molar-refractivity contribution in [1.29, 1.82) is 0 Å². The molecular weight excluding hydrogens is 256 g/mol. The molecule has 110 valence electrons. The Kier molecular flexibility index (Phi) is 5.35. The Morgan fingerprint density at radius 3 is 2.60 bits per heavy atom. The lowest BCUT2D eigenvalue weighted by molar-refractivity contribution is 0.0237. The summed E-state index contributed by atoms with van der Waals surface area (Å²) in [5, 5.41) is 0. The molecule has 1 aliphatic heterocycles. The van der Waals surface area contributed by atoms with Crippen molar-refractivity contribution in [3.8, 4) is 5.88 Å². The number of carbonyl (C=O) groups is 1. The Labute approximate surface area is 119 Å². The highest BCUT2D eigenvalue weighted by atomic mass is 16.5. The number of pyridine rings is 1. The van der Waals surface area contributed by atoms with Crippen LogP contribution in [0.25, 0.3) is 0 Å². The zero-order valence-corrected chi connectivity index (χ0v) is 12.2. The molecule has 0 saturated carbocycles. The predicted molar refractivity (Wildman–Crippen MR) is 76.0 cm³/mol. The number of carbonyl (C=O) groups excluding carboxylic acids is 1. The highest BCUT2D eigenvalue weighted by Gasteiger charge is 2.17. The summed E-state index contributed by atoms with van der Waals surface area (Å²) < 4.78 is 11.1. The third kappa shape index (κ3) is 3.70. The Balaban J connectivity index is 1.96. The quantitative estimate of drug-likeness (QED) is 0.828. The van der Waals surface area contributed by atoms with Crippen LogP contribution >= 0.6 is 0 Å². The molecule has 5 nitrogen and oxygen atoms in total. The number of nitrogens with zero attached hydrogens (tertiary/aromatic N) is 2. The minimum atomic E-state index is 0.0140. The van der Waals surface area contributed by atoms with Gasteiger partial charge in [0.15, 0.2) is 0 Å². The molecule has 20 heavy (non-hydrogen) atoms. The molecule has 2 rings (SSSR count). The van der Waals surface area contributed by atoms with Crippen molar-refractivity contribution in [3.05, 3.63) is 23.9 Å². The third-order valence-corrected chi connectivity index (χ3v) is 3.49. The van der Waals surface area contributed by atoms with Gasteiger partial charge in [0.2, 0.25) is 5.88 Å². The summed E-state index contributed by atoms with van der Waals surface area (Å²) in [5.74, 6) is 0.591. The van der Waals surface area contributed by atoms with E-state index in [0.29, 0.717) is 24.5 Å². The van der Waals surface area contributed by atoms with Gasteiger partial charge in [0.05, 0.1) is 18.8 Å². The summed E-state index contributed by atoms with van der Waals surface area (Å²) in [6, 6.07) is 3.55. The number of hydrogen-bond donors (Lipinski definition) is 0. The van der Waals surface area contributed by atoms with Gasteiger partial charge in [-0.25, -0.2) is 4.98 Å². The van der Waals surface area contributed by atoms with Crippen molar-refractivity contribution in [2.45, 2.75) is 32.8 Å². The number of rotatable bonds is 5. The predicted octanol–water partition coefficient (Wildman–Crippen LogP) is 2.12. The fraction of sp³-hybridized carbons (Fsp3) is 0.600. The highest BCUT2D eigenvalue weighted by Crippen LogP contribution is 2.16. The van der Waals surface area contributed by atoms with E-state index >= 15 is 0 Å². The van der Waals surface area contributed by atoms with Crippen molar-refractivity contribution in [1.82, 2.24) is 9.88 Å². The maximum atomic E-state index is 12.1. The Hall–Kier alpha value is -1.62. The van der Waals surface area contributed by atoms with E-state index in [0.717, 1.165) is 26.1 Å². The SMILES string of the molecule is CCN(CC)C(=O)c1ccc(OC2CCOCC2)nc1. The van der Waals surface area contributed by atoms with E-state index < -0.39 is 0 Å². The van der Waals surface area contributed by atoms with Crippen LogP contribution in [0, 0.1) is 0 Å². The lowest BCUT2D eigenvalue weighted by Gasteiger charge is -2.23. The fourth-order valence-electron chi connectivity index (χ4n) is 2.23. The second-order valence-corrected chi connectivity index (χ2v) is 4.79. The smallest absolute Gasteiger partial charge is 0.255 e. The van der Waals surface area contributed by atoms with E-state index in [4.69, 9.17) is 9.47 Å². The van der Waals surface area contributed by atoms with E-state index in [1.54, 1.807) is 23.2 Å². The van der Waals surface area contributed by atoms with Crippen molar-refractivity contribution >= 4 is 5.91 Å². The largest absolute Gasteiger partial charge is 0.474 e. The highest BCUT2D eigenvalue weighted by molar-refractivity contribution is 5.93. The third-order valence-electron chi connectivity index (χ3n) is 3.49. The molecule has 0 aromatic carbocycles. The van der Waals surface area contributed by atoms with E-state index in [2.05, 4.69) is 4.98 Å². The summed E-state index contributed by atoms with van der Waals surface area (Å²) in [7, 11) is 0. The molecule has 0 unspecified atom stereocenters. The maximum absolute atomic E-state index is 12.1. The standard InChI is InChI=1S/C15H22N2O3/c1-3-17(4-2)15(18)12-5-6-14(16-11-12)20-13-7-9-19-10-8-13/h5-6,11,13H,3-4,7-10H2,1-2H3. The van der Waals surface area contributed by atoms with Gasteiger partial charge in [0.25, 0.3) is 5.91 Å². The van der Waals surface area contributed by atoms with Crippen molar-refractivity contribution in [2.75, 3.05) is 26.3 Å². The molecule has 1 fully saturated rings. The Bertz CT molecular complexity index is 423. The van der Waals surface area contributed by atoms with Gasteiger partial charge in [-0.15, -0.1) is 0 Å². The van der Waals surface area contributed by atoms with Gasteiger partial charge in [-0.3, -0.25) is 4.79 Å². The molecular formula is C15H22N2O3. The molecule has 5 heteroatoms. The first-order valence-corrected chi connectivity index (χ1v) is 7.24. The van der Waals surface area contributed by atoms with Crippen molar-refractivity contribution < 1.29 is 14.3 Å². The van der Waals surface area contributed by atoms with Gasteiger partial charge in [0.1, 0.15) is 6.10 Å². The molecule has 0 bridgehead atoms. The Morgan fingerprint density at radius 1 is 1.35 bits per heavy atom. The number of ether oxygens (including phenoxy) is 2. The topological polar surface area (TPSA) is 51.7 Å². The van der Waals surface area contributed by atoms with Crippen LogP contribution in [-0.4, -0.2) is 48.2 Å². The van der Waals surface area contributed by atoms with Gasteiger partial charge < -0.3 is 14.4 Å². The second kappa shape index (κ2) is 7.24. The summed E-state index contributed by atoms with van der Waals surface area (Å²) >= 11 is 0. The van der Waals surface area contributed by atoms with Crippen LogP contribution in [0.3, 0.4) is 0 Å². The van der Waals surface area contributed by atoms with E-state index in [1.165, 1.54) is 0 Å². The average Bonchev–Trinajstić information content (AvgIpc) is 2.50. The minimum absolute atomic E-state index is 0.0140. The summed E-state index contributed by atoms with van der Waals surface area (Å²) in [5.41, 5.74) is 0.605. The molecule has 1 aliphatic rings. The molecule has 2 heterocycles. The van der Waals surface area contributed by atoms with Crippen LogP contribution < -0.4 is 4.74 Å². The minimum Gasteiger partial charge on any atom is -0.474 e. The monoisotopic (exact) mass is 278 g/mol. The molecule has 1 aromatic rings. The lowest BCUT2D eigenvalue weighted by atomic mass is 10.1. The van der Waals surface area contributed by atoms with E-state index in [-0.39, 0.29) is 12.0 Å². The summed E-state index contributed by atoms with van der Waals surface area (Å²) in [4.78, 5) is 18.1. The molecule has 0 aliphatic carbocycles. The van der Waals surface area contributed by atoms with E-state index in [9.17, 15) is 4.79 Å². The van der Waals surface area contributed by atoms with Gasteiger partial charge in [-0.1, -0.05) is 0 Å². The first-order valence-electron chi connectivity index (χ1n) is 7.24. The molecule has 0 spiro atoms. The van der Waals surface area contributed by atoms with Crippen LogP contribution in [0.5, 0.6) is 5.88 Å². The average molecular weight is 278 g/mol. The van der Waals surface area contributed by atoms with Crippen molar-refractivity contribution in [3.63, 3.8) is 0 Å². The van der Waals surface area contributed by atoms with Crippen LogP contribution in [-0.2, 0) is 4.74 Å². The summed E-state index contributed by atoms with van der Waals surface area (Å²) in [6.45, 7) is 6.83. The van der Waals surface area contributed by atoms with Gasteiger partial charge in [-0.05, 0) is 19.9 Å². The van der Waals surface area contributed by atoms with Crippen molar-refractivity contribution in [2.24, 2.45) is 0 Å². The molecule has 1 saturated heterocycles. The van der Waals surface area contributed by atoms with Crippen LogP contribution in [0.4, 0.5) is 0 Å². The van der Waals surface area contributed by atoms with Crippen LogP contribution in [0.15, 0.2) is 18.3 Å². The maximum Gasteiger partial charge on any atom is 0.255 e. The number of aromatic nitrogens is 1. The van der Waals surface area contributed by atoms with Crippen LogP contribution in [0.2, 0.25) is 0 Å². The van der Waals surface area contributed by atoms with E-state index in [1.807, 2.05) is 13.8 Å². The molecule has 1 amide bonds. The Morgan fingerprint density at radius 2 is 2.05 bits per heavy atom. The molecule has 1 aromatic heterocycles. The normalized spacial score (nSPS) is 15.9.